The molecule has 2 N–H and O–H groups in total. The summed E-state index contributed by atoms with van der Waals surface area (Å²) in [4.78, 5) is 34.8. The molecule has 9 nitrogen and oxygen atoms in total. The number of alkyl halides is 9. The minimum Gasteiger partial charge on any atom is -0.490 e. The standard InChI is InChI=1S/C34H35F9N4O5/c1-4-24-29(44)28(22-16-19(32(35,36)37)9-10-25(22)47(24)31(49)51-6-3)30-45-17-26(52-11-7-8-27(48)50-5-2)23(46-30)14-18-12-20(33(38,39)40)15-21(13-18)34(41,42)43/h9-10,12-13,15-17,24,28-29H,4-8,11,14,44H2,1-3H3. The van der Waals surface area contributed by atoms with Gasteiger partial charge in [0.2, 0.25) is 0 Å². The maximum atomic E-state index is 14.0. The van der Waals surface area contributed by atoms with Crippen LogP contribution >= 0.6 is 0 Å². The zero-order chi connectivity index (χ0) is 38.6. The molecule has 0 saturated carbocycles. The first kappa shape index (κ1) is 40.2. The van der Waals surface area contributed by atoms with Gasteiger partial charge in [-0.25, -0.2) is 14.8 Å². The second kappa shape index (κ2) is 16.0. The van der Waals surface area contributed by atoms with Crippen LogP contribution in [0.3, 0.4) is 0 Å². The van der Waals surface area contributed by atoms with Crippen LogP contribution in [0.2, 0.25) is 0 Å². The molecule has 1 aromatic heterocycles. The van der Waals surface area contributed by atoms with Gasteiger partial charge in [-0.1, -0.05) is 6.92 Å². The highest BCUT2D eigenvalue weighted by Crippen LogP contribution is 2.45. The summed E-state index contributed by atoms with van der Waals surface area (Å²) in [7, 11) is 0. The number of halogens is 9. The molecule has 3 unspecified atom stereocenters. The van der Waals surface area contributed by atoms with Gasteiger partial charge in [0, 0.05) is 18.9 Å². The number of esters is 1. The normalized spacial score (nSPS) is 17.8. The lowest BCUT2D eigenvalue weighted by Gasteiger charge is -2.43. The summed E-state index contributed by atoms with van der Waals surface area (Å²) >= 11 is 0. The molecule has 2 aromatic carbocycles. The molecule has 0 spiro atoms. The topological polar surface area (TPSA) is 117 Å². The van der Waals surface area contributed by atoms with Crippen molar-refractivity contribution >= 4 is 17.7 Å². The van der Waals surface area contributed by atoms with E-state index >= 15 is 0 Å². The van der Waals surface area contributed by atoms with E-state index in [-0.39, 0.29) is 73.7 Å². The van der Waals surface area contributed by atoms with E-state index in [1.807, 2.05) is 0 Å². The van der Waals surface area contributed by atoms with Gasteiger partial charge < -0.3 is 19.9 Å². The van der Waals surface area contributed by atoms with Gasteiger partial charge in [0.05, 0.1) is 66.0 Å². The van der Waals surface area contributed by atoms with Gasteiger partial charge in [-0.2, -0.15) is 39.5 Å². The van der Waals surface area contributed by atoms with Crippen LogP contribution in [0.15, 0.2) is 42.6 Å². The Morgan fingerprint density at radius 1 is 0.846 bits per heavy atom. The Balaban J connectivity index is 1.89. The fourth-order valence-electron chi connectivity index (χ4n) is 5.94. The lowest BCUT2D eigenvalue weighted by Crippen LogP contribution is -2.57. The van der Waals surface area contributed by atoms with E-state index in [4.69, 9.17) is 19.9 Å². The molecule has 4 rings (SSSR count). The van der Waals surface area contributed by atoms with Crippen molar-refractivity contribution in [2.75, 3.05) is 24.7 Å². The van der Waals surface area contributed by atoms with Crippen LogP contribution in [0.1, 0.15) is 85.3 Å². The van der Waals surface area contributed by atoms with Gasteiger partial charge >= 0.3 is 30.6 Å². The highest BCUT2D eigenvalue weighted by atomic mass is 19.4. The fraction of sp³-hybridized carbons (Fsp3) is 0.471. The Morgan fingerprint density at radius 2 is 1.46 bits per heavy atom. The highest BCUT2D eigenvalue weighted by Gasteiger charge is 2.45. The molecular formula is C34H35F9N4O5. The number of hydrogen-bond donors (Lipinski definition) is 1. The van der Waals surface area contributed by atoms with E-state index in [2.05, 4.69) is 9.97 Å². The number of aromatic nitrogens is 2. The molecule has 0 fully saturated rings. The Bertz CT molecular complexity index is 1720. The van der Waals surface area contributed by atoms with Crippen LogP contribution in [-0.4, -0.2) is 53.9 Å². The van der Waals surface area contributed by atoms with E-state index < -0.39 is 77.3 Å². The highest BCUT2D eigenvalue weighted by molar-refractivity contribution is 5.91. The molecule has 1 amide bonds. The molecule has 2 heterocycles. The molecule has 1 aliphatic rings. The molecular weight excluding hydrogens is 715 g/mol. The van der Waals surface area contributed by atoms with Crippen molar-refractivity contribution in [3.05, 3.63) is 81.9 Å². The second-order valence-electron chi connectivity index (χ2n) is 11.8. The van der Waals surface area contributed by atoms with Crippen LogP contribution < -0.4 is 15.4 Å². The first-order valence-corrected chi connectivity index (χ1v) is 16.1. The average Bonchev–Trinajstić information content (AvgIpc) is 3.05. The van der Waals surface area contributed by atoms with Gasteiger partial charge in [0.1, 0.15) is 5.82 Å². The Hall–Kier alpha value is -4.61. The third kappa shape index (κ3) is 9.24. The molecule has 0 aliphatic carbocycles. The molecule has 0 saturated heterocycles. The van der Waals surface area contributed by atoms with E-state index in [0.29, 0.717) is 12.1 Å². The van der Waals surface area contributed by atoms with Crippen LogP contribution in [0.25, 0.3) is 0 Å². The molecule has 18 heteroatoms. The van der Waals surface area contributed by atoms with Crippen molar-refractivity contribution in [3.8, 4) is 5.75 Å². The van der Waals surface area contributed by atoms with Crippen LogP contribution in [0.5, 0.6) is 5.75 Å². The molecule has 52 heavy (non-hydrogen) atoms. The van der Waals surface area contributed by atoms with E-state index in [0.717, 1.165) is 29.3 Å². The summed E-state index contributed by atoms with van der Waals surface area (Å²) in [6.45, 7) is 4.72. The number of hydrogen-bond acceptors (Lipinski definition) is 8. The van der Waals surface area contributed by atoms with Crippen LogP contribution in [0.4, 0.5) is 50.0 Å². The number of nitrogens with two attached hydrogens (primary N) is 1. The number of ether oxygens (including phenoxy) is 3. The first-order valence-electron chi connectivity index (χ1n) is 16.1. The average molecular weight is 751 g/mol. The van der Waals surface area contributed by atoms with Crippen molar-refractivity contribution in [3.63, 3.8) is 0 Å². The number of benzene rings is 2. The van der Waals surface area contributed by atoms with E-state index in [1.54, 1.807) is 13.8 Å². The molecule has 0 bridgehead atoms. The molecule has 284 valence electrons. The number of amides is 1. The lowest BCUT2D eigenvalue weighted by atomic mass is 9.79. The molecule has 0 radical (unpaired) electrons. The van der Waals surface area contributed by atoms with Gasteiger partial charge in [0.15, 0.2) is 5.75 Å². The Morgan fingerprint density at radius 3 is 2.02 bits per heavy atom. The molecule has 3 aromatic rings. The lowest BCUT2D eigenvalue weighted by molar-refractivity contribution is -0.144. The predicted octanol–water partition coefficient (Wildman–Crippen LogP) is 8.06. The van der Waals surface area contributed by atoms with Crippen molar-refractivity contribution < 1.29 is 63.3 Å². The van der Waals surface area contributed by atoms with Gasteiger partial charge in [-0.05, 0) is 74.2 Å². The van der Waals surface area contributed by atoms with Gasteiger partial charge in [-0.3, -0.25) is 9.69 Å². The number of carbonyl (C=O) groups excluding carboxylic acids is 2. The quantitative estimate of drug-likeness (QED) is 0.119. The van der Waals surface area contributed by atoms with Gasteiger partial charge in [-0.15, -0.1) is 0 Å². The zero-order valence-corrected chi connectivity index (χ0v) is 28.1. The summed E-state index contributed by atoms with van der Waals surface area (Å²) < 4.78 is 140. The van der Waals surface area contributed by atoms with Crippen LogP contribution in [0, 0.1) is 0 Å². The van der Waals surface area contributed by atoms with Gasteiger partial charge in [0.25, 0.3) is 0 Å². The van der Waals surface area contributed by atoms with Crippen molar-refractivity contribution in [2.45, 2.75) is 83.0 Å². The predicted molar refractivity (Wildman–Crippen MR) is 167 cm³/mol. The number of fused-ring (bicyclic) bond motifs is 1. The van der Waals surface area contributed by atoms with Crippen molar-refractivity contribution in [1.82, 2.24) is 9.97 Å². The maximum absolute atomic E-state index is 14.0. The first-order chi connectivity index (χ1) is 24.3. The van der Waals surface area contributed by atoms with E-state index in [1.165, 1.54) is 6.92 Å². The summed E-state index contributed by atoms with van der Waals surface area (Å²) in [6, 6.07) is 1.61. The Kier molecular flexibility index (Phi) is 12.3. The summed E-state index contributed by atoms with van der Waals surface area (Å²) in [5.74, 6) is -2.19. The van der Waals surface area contributed by atoms with E-state index in [9.17, 15) is 49.1 Å². The number of carbonyl (C=O) groups is 2. The summed E-state index contributed by atoms with van der Waals surface area (Å²) in [6.07, 6.45) is -15.4. The Labute approximate surface area is 292 Å². The third-order valence-corrected chi connectivity index (χ3v) is 8.23. The monoisotopic (exact) mass is 750 g/mol. The minimum absolute atomic E-state index is 0.0159. The van der Waals surface area contributed by atoms with Crippen LogP contribution in [-0.2, 0) is 39.2 Å². The smallest absolute Gasteiger partial charge is 0.416 e. The number of nitrogens with zero attached hydrogens (tertiary/aromatic N) is 3. The minimum atomic E-state index is -5.14. The molecule has 3 atom stereocenters. The fourth-order valence-corrected chi connectivity index (χ4v) is 5.94. The zero-order valence-electron chi connectivity index (χ0n) is 28.1. The second-order valence-corrected chi connectivity index (χ2v) is 11.8. The van der Waals surface area contributed by atoms with Crippen molar-refractivity contribution in [2.24, 2.45) is 5.73 Å². The number of anilines is 1. The maximum Gasteiger partial charge on any atom is 0.416 e. The largest absolute Gasteiger partial charge is 0.490 e. The summed E-state index contributed by atoms with van der Waals surface area (Å²) in [5.41, 5.74) is 1.64. The summed E-state index contributed by atoms with van der Waals surface area (Å²) in [5, 5.41) is 0. The SMILES string of the molecule is CCOC(=O)CCCOc1cnc(C2c3cc(C(F)(F)F)ccc3N(C(=O)OCC)C(CC)C2N)nc1Cc1cc(C(F)(F)F)cc(C(F)(F)F)c1. The third-order valence-electron chi connectivity index (χ3n) is 8.23. The molecule has 1 aliphatic heterocycles. The van der Waals surface area contributed by atoms with Crippen molar-refractivity contribution in [1.29, 1.82) is 0 Å². The number of rotatable bonds is 11.